The van der Waals surface area contributed by atoms with Crippen LogP contribution >= 0.6 is 27.3 Å². The minimum atomic E-state index is -0.0238. The van der Waals surface area contributed by atoms with Crippen LogP contribution in [0.15, 0.2) is 59.1 Å². The van der Waals surface area contributed by atoms with Crippen LogP contribution in [-0.2, 0) is 11.8 Å². The van der Waals surface area contributed by atoms with Gasteiger partial charge in [-0.1, -0.05) is 73.0 Å². The molecule has 2 aromatic heterocycles. The second-order valence-electron chi connectivity index (χ2n) is 14.1. The van der Waals surface area contributed by atoms with E-state index >= 15 is 0 Å². The largest absolute Gasteiger partial charge is 0.397 e. The molecule has 5 heteroatoms. The highest BCUT2D eigenvalue weighted by atomic mass is 79.9. The summed E-state index contributed by atoms with van der Waals surface area (Å²) < 4.78 is 0.955. The Balaban J connectivity index is 1.28. The minimum Gasteiger partial charge on any atom is -0.397 e. The van der Waals surface area contributed by atoms with Crippen molar-refractivity contribution in [3.63, 3.8) is 0 Å². The predicted octanol–water partition coefficient (Wildman–Crippen LogP) is 9.99. The van der Waals surface area contributed by atoms with Crippen molar-refractivity contribution in [1.82, 2.24) is 4.98 Å². The number of fused-ring (bicyclic) bond motifs is 8. The molecule has 6 unspecified atom stereocenters. The van der Waals surface area contributed by atoms with Crippen molar-refractivity contribution in [3.8, 4) is 11.1 Å². The van der Waals surface area contributed by atoms with Gasteiger partial charge in [-0.25, -0.2) is 4.98 Å². The molecule has 0 aliphatic heterocycles. The molecule has 4 aliphatic carbocycles. The number of rotatable bonds is 3. The highest BCUT2D eigenvalue weighted by Gasteiger charge is 2.59. The van der Waals surface area contributed by atoms with Gasteiger partial charge in [0.2, 0.25) is 5.78 Å². The van der Waals surface area contributed by atoms with Crippen molar-refractivity contribution in [2.45, 2.75) is 77.0 Å². The van der Waals surface area contributed by atoms with Crippen LogP contribution in [-0.4, -0.2) is 10.8 Å². The van der Waals surface area contributed by atoms with E-state index in [4.69, 9.17) is 10.7 Å². The number of carbonyl (C=O) groups excluding carboxylic acids is 1. The average molecular weight is 640 g/mol. The zero-order valence-corrected chi connectivity index (χ0v) is 27.0. The number of carbonyl (C=O) groups is 1. The molecule has 2 aromatic carbocycles. The van der Waals surface area contributed by atoms with E-state index in [1.54, 1.807) is 0 Å². The maximum absolute atomic E-state index is 13.7. The lowest BCUT2D eigenvalue weighted by atomic mass is 9.45. The van der Waals surface area contributed by atoms with Crippen LogP contribution in [0.1, 0.15) is 91.7 Å². The van der Waals surface area contributed by atoms with E-state index in [0.717, 1.165) is 38.9 Å². The van der Waals surface area contributed by atoms with Crippen molar-refractivity contribution < 1.29 is 4.79 Å². The number of hydrogen-bond donors (Lipinski definition) is 1. The molecule has 0 amide bonds. The van der Waals surface area contributed by atoms with Crippen molar-refractivity contribution in [2.24, 2.45) is 29.1 Å². The van der Waals surface area contributed by atoms with Crippen molar-refractivity contribution >= 4 is 49.0 Å². The standard InChI is InChI=1S/C37H39BrN2OS/c1-36-18-7-6-10-23(36)13-16-25-27(36)17-19-37(2)28(25)20-26-29(21-8-4-3-5-9-21)30-31(39)33(42-35(30)40-34(26)37)32(41)22-11-14-24(38)15-12-22/h3-5,8-9,11-12,14-15,23,25,27-28H,6-7,10,13,16-20,39H2,1-2H3. The number of aromatic nitrogens is 1. The van der Waals surface area contributed by atoms with Gasteiger partial charge in [-0.15, -0.1) is 11.3 Å². The first kappa shape index (κ1) is 27.1. The van der Waals surface area contributed by atoms with Gasteiger partial charge in [0.1, 0.15) is 9.71 Å². The topological polar surface area (TPSA) is 56.0 Å². The zero-order valence-electron chi connectivity index (χ0n) is 24.6. The first-order valence-electron chi connectivity index (χ1n) is 15.9. The number of nitrogens with zero attached hydrogens (tertiary/aromatic N) is 1. The number of halogens is 1. The Morgan fingerprint density at radius 3 is 2.52 bits per heavy atom. The van der Waals surface area contributed by atoms with E-state index < -0.39 is 0 Å². The summed E-state index contributed by atoms with van der Waals surface area (Å²) in [5.74, 6) is 3.13. The summed E-state index contributed by atoms with van der Waals surface area (Å²) in [6.07, 6.45) is 12.1. The highest BCUT2D eigenvalue weighted by molar-refractivity contribution is 9.10. The molecule has 42 heavy (non-hydrogen) atoms. The van der Waals surface area contributed by atoms with Gasteiger partial charge in [-0.2, -0.15) is 0 Å². The number of nitrogen functional groups attached to an aromatic ring is 1. The number of ketones is 1. The van der Waals surface area contributed by atoms with Gasteiger partial charge in [0.25, 0.3) is 0 Å². The normalized spacial score (nSPS) is 31.7. The van der Waals surface area contributed by atoms with Gasteiger partial charge in [0.05, 0.1) is 11.4 Å². The van der Waals surface area contributed by atoms with Crippen molar-refractivity contribution in [2.75, 3.05) is 5.73 Å². The summed E-state index contributed by atoms with van der Waals surface area (Å²) in [5, 5.41) is 0.979. The molecule has 0 radical (unpaired) electrons. The lowest BCUT2D eigenvalue weighted by molar-refractivity contribution is -0.0907. The molecule has 6 atom stereocenters. The number of pyridine rings is 1. The summed E-state index contributed by atoms with van der Waals surface area (Å²) in [4.78, 5) is 20.7. The molecule has 4 aliphatic rings. The number of benzene rings is 2. The molecule has 3 fully saturated rings. The fourth-order valence-corrected chi connectivity index (χ4v) is 11.5. The SMILES string of the molecule is CC12CCC3C(CCC4CCCCC43C)C1Cc1c2nc2sc(C(=O)c3ccc(Br)cc3)c(N)c2c1-c1ccccc1. The molecule has 2 N–H and O–H groups in total. The molecule has 216 valence electrons. The first-order valence-corrected chi connectivity index (χ1v) is 17.5. The second kappa shape index (κ2) is 9.75. The quantitative estimate of drug-likeness (QED) is 0.227. The van der Waals surface area contributed by atoms with Crippen LogP contribution in [0.5, 0.6) is 0 Å². The predicted molar refractivity (Wildman–Crippen MR) is 177 cm³/mol. The van der Waals surface area contributed by atoms with Crippen LogP contribution in [0.25, 0.3) is 21.3 Å². The van der Waals surface area contributed by atoms with Crippen molar-refractivity contribution in [3.05, 3.63) is 80.8 Å². The molecule has 0 bridgehead atoms. The maximum Gasteiger partial charge on any atom is 0.205 e. The van der Waals surface area contributed by atoms with Crippen molar-refractivity contribution in [1.29, 1.82) is 0 Å². The zero-order chi connectivity index (χ0) is 28.8. The van der Waals surface area contributed by atoms with E-state index in [0.29, 0.717) is 27.5 Å². The number of hydrogen-bond acceptors (Lipinski definition) is 4. The Hall–Kier alpha value is -2.50. The lowest BCUT2D eigenvalue weighted by Crippen LogP contribution is -2.53. The molecular formula is C37H39BrN2OS. The molecule has 2 heterocycles. The Morgan fingerprint density at radius 2 is 1.74 bits per heavy atom. The Morgan fingerprint density at radius 1 is 0.952 bits per heavy atom. The number of nitrogens with two attached hydrogens (primary N) is 1. The monoisotopic (exact) mass is 638 g/mol. The third-order valence-electron chi connectivity index (χ3n) is 12.3. The Bertz CT molecular complexity index is 1710. The third kappa shape index (κ3) is 3.81. The number of anilines is 1. The summed E-state index contributed by atoms with van der Waals surface area (Å²) in [5.41, 5.74) is 13.9. The van der Waals surface area contributed by atoms with E-state index in [1.807, 2.05) is 24.3 Å². The Kier molecular flexibility index (Phi) is 6.29. The maximum atomic E-state index is 13.7. The van der Waals surface area contributed by atoms with Gasteiger partial charge in [-0.3, -0.25) is 4.79 Å². The smallest absolute Gasteiger partial charge is 0.205 e. The van der Waals surface area contributed by atoms with E-state index in [9.17, 15) is 4.79 Å². The molecule has 4 aromatic rings. The van der Waals surface area contributed by atoms with Crippen LogP contribution < -0.4 is 5.73 Å². The summed E-state index contributed by atoms with van der Waals surface area (Å²) >= 11 is 4.97. The Labute approximate surface area is 261 Å². The highest BCUT2D eigenvalue weighted by Crippen LogP contribution is 2.66. The van der Waals surface area contributed by atoms with Gasteiger partial charge in [0.15, 0.2) is 0 Å². The lowest BCUT2D eigenvalue weighted by Gasteiger charge is -2.59. The van der Waals surface area contributed by atoms with Gasteiger partial charge in [-0.05, 0) is 115 Å². The summed E-state index contributed by atoms with van der Waals surface area (Å²) in [7, 11) is 0. The summed E-state index contributed by atoms with van der Waals surface area (Å²) in [6.45, 7) is 5.18. The third-order valence-corrected chi connectivity index (χ3v) is 13.9. The van der Waals surface area contributed by atoms with Gasteiger partial charge < -0.3 is 5.73 Å². The molecule has 3 saturated carbocycles. The fourth-order valence-electron chi connectivity index (χ4n) is 10.2. The fraction of sp³-hybridized carbons (Fsp3) is 0.459. The van der Waals surface area contributed by atoms with Gasteiger partial charge >= 0.3 is 0 Å². The second-order valence-corrected chi connectivity index (χ2v) is 16.0. The minimum absolute atomic E-state index is 0.0238. The van der Waals surface area contributed by atoms with Crippen LogP contribution in [0, 0.1) is 29.1 Å². The van der Waals surface area contributed by atoms with Crippen LogP contribution in [0.2, 0.25) is 0 Å². The number of thiophene rings is 1. The van der Waals surface area contributed by atoms with E-state index in [-0.39, 0.29) is 11.2 Å². The van der Waals surface area contributed by atoms with Gasteiger partial charge in [0, 0.05) is 20.8 Å². The molecular weight excluding hydrogens is 600 g/mol. The molecule has 0 spiro atoms. The average Bonchev–Trinajstić information content (AvgIpc) is 3.49. The van der Waals surface area contributed by atoms with Crippen LogP contribution in [0.4, 0.5) is 5.69 Å². The van der Waals surface area contributed by atoms with Crippen LogP contribution in [0.3, 0.4) is 0 Å². The first-order chi connectivity index (χ1) is 20.3. The molecule has 0 saturated heterocycles. The summed E-state index contributed by atoms with van der Waals surface area (Å²) in [6, 6.07) is 18.3. The molecule has 3 nitrogen and oxygen atoms in total. The van der Waals surface area contributed by atoms with E-state index in [2.05, 4.69) is 60.1 Å². The molecule has 8 rings (SSSR count). The van der Waals surface area contributed by atoms with E-state index in [1.165, 1.54) is 85.1 Å².